The Morgan fingerprint density at radius 1 is 1.00 bits per heavy atom. The van der Waals surface area contributed by atoms with Gasteiger partial charge in [-0.1, -0.05) is 0 Å². The zero-order chi connectivity index (χ0) is 12.2. The fourth-order valence-corrected chi connectivity index (χ4v) is 1.04. The van der Waals surface area contributed by atoms with Gasteiger partial charge < -0.3 is 0 Å². The molecule has 0 aliphatic rings. The van der Waals surface area contributed by atoms with E-state index >= 15 is 0 Å². The van der Waals surface area contributed by atoms with Crippen molar-refractivity contribution in [1.82, 2.24) is 0 Å². The Balaban J connectivity index is 5.21. The Morgan fingerprint density at radius 3 is 1.36 bits per heavy atom. The maximum atomic E-state index is 11.7. The second kappa shape index (κ2) is 1.79. The first-order valence-electron chi connectivity index (χ1n) is 2.52. The summed E-state index contributed by atoms with van der Waals surface area (Å²) in [7, 11) is 0. The minimum atomic E-state index is -7.09. The number of rotatable bonds is 1. The van der Waals surface area contributed by atoms with E-state index in [1.165, 1.54) is 0 Å². The molecule has 0 radical (unpaired) electrons. The van der Waals surface area contributed by atoms with Crippen molar-refractivity contribution < 1.29 is 32.9 Å². The number of halogens is 3. The molecule has 8 nitrogen and oxygen atoms in total. The molecule has 0 saturated heterocycles. The molecule has 92 valence electrons. The van der Waals surface area contributed by atoms with E-state index in [1.807, 2.05) is 0 Å². The van der Waals surface area contributed by atoms with Crippen LogP contribution in [0.25, 0.3) is 0 Å². The quantitative estimate of drug-likeness (QED) is 0.291. The van der Waals surface area contributed by atoms with Crippen molar-refractivity contribution in [2.24, 2.45) is 28.7 Å². The summed E-state index contributed by atoms with van der Waals surface area (Å²) in [5.41, 5.74) is 0. The van der Waals surface area contributed by atoms with Crippen molar-refractivity contribution in [3.63, 3.8) is 0 Å². The standard InChI is InChI=1S/C2HF3O2.Co.6H2N/c3-2(4,5)1(6)7;;;;;;;/h(H,6,7);;6*1H2/q;+7;6*-1/p-1. The number of carbonyl (C=O) groups excluding carboxylic acids is 1. The molecular weight excluding hydrogens is 256 g/mol. The van der Waals surface area contributed by atoms with Crippen LogP contribution in [0, 0.1) is 0 Å². The summed E-state index contributed by atoms with van der Waals surface area (Å²) in [5, 5.41) is 0. The van der Waals surface area contributed by atoms with Gasteiger partial charge in [-0.05, 0) is 0 Å². The molecule has 0 fully saturated rings. The molecule has 0 atom stereocenters. The van der Waals surface area contributed by atoms with Gasteiger partial charge in [0.15, 0.2) is 0 Å². The van der Waals surface area contributed by atoms with Crippen molar-refractivity contribution in [2.75, 3.05) is 0 Å². The monoisotopic (exact) mass is 268 g/mol. The van der Waals surface area contributed by atoms with Crippen LogP contribution in [0.2, 0.25) is 0 Å². The van der Waals surface area contributed by atoms with Crippen molar-refractivity contribution in [3.8, 4) is 0 Å². The van der Waals surface area contributed by atoms with E-state index in [2.05, 4.69) is 3.85 Å². The fourth-order valence-electron chi connectivity index (χ4n) is 0.253. The zero-order valence-electron chi connectivity index (χ0n) is 6.75. The number of carbonyl (C=O) groups is 1. The van der Waals surface area contributed by atoms with Gasteiger partial charge in [-0.15, -0.1) is 0 Å². The molecule has 0 aliphatic heterocycles. The summed E-state index contributed by atoms with van der Waals surface area (Å²) >= 11 is -7.09. The first kappa shape index (κ1) is 13.5. The Kier molecular flexibility index (Phi) is 1.73. The van der Waals surface area contributed by atoms with Gasteiger partial charge >= 0.3 is 73.8 Å². The molecule has 0 heterocycles. The van der Waals surface area contributed by atoms with Gasteiger partial charge in [0.1, 0.15) is 0 Å². The van der Waals surface area contributed by atoms with Gasteiger partial charge in [0, 0.05) is 0 Å². The summed E-state index contributed by atoms with van der Waals surface area (Å²) in [6.45, 7) is 0. The summed E-state index contributed by atoms with van der Waals surface area (Å²) in [4.78, 5) is 38.8. The Hall–Kier alpha value is -0.474. The number of nitrogens with two attached hydrogens (primary N) is 6. The Bertz CT molecular complexity index is 287. The van der Waals surface area contributed by atoms with Crippen LogP contribution in [0.5, 0.6) is 0 Å². The van der Waals surface area contributed by atoms with E-state index in [1.54, 1.807) is 0 Å². The van der Waals surface area contributed by atoms with E-state index in [9.17, 15) is 18.0 Å². The molecule has 0 bridgehead atoms. The molecule has 0 aliphatic carbocycles. The predicted molar refractivity (Wildman–Crippen MR) is 37.3 cm³/mol. The van der Waals surface area contributed by atoms with E-state index in [-0.39, 0.29) is 0 Å². The van der Waals surface area contributed by atoms with Gasteiger partial charge in [-0.25, -0.2) is 0 Å². The van der Waals surface area contributed by atoms with Gasteiger partial charge in [0.05, 0.1) is 0 Å². The van der Waals surface area contributed by atoms with Crippen LogP contribution in [0.15, 0.2) is 0 Å². The third-order valence-corrected chi connectivity index (χ3v) is 1.46. The molecule has 0 amide bonds. The van der Waals surface area contributed by atoms with E-state index < -0.39 is 23.3 Å². The molecule has 0 aromatic carbocycles. The van der Waals surface area contributed by atoms with Gasteiger partial charge in [0.2, 0.25) is 0 Å². The molecular formula is C2H12CoF3N6O2. The SMILES string of the molecule is [NH2][Co]([NH2])([NH2])([NH2])([NH2])([NH2])[O]C(=O)C(F)(F)F. The first-order chi connectivity index (χ1) is 5.31. The fraction of sp³-hybridized carbons (Fsp3) is 0.500. The van der Waals surface area contributed by atoms with Crippen LogP contribution in [0.1, 0.15) is 0 Å². The van der Waals surface area contributed by atoms with E-state index in [0.717, 1.165) is 0 Å². The summed E-state index contributed by atoms with van der Waals surface area (Å²) in [6, 6.07) is 0. The summed E-state index contributed by atoms with van der Waals surface area (Å²) < 4.78 is 38.5. The minimum absolute atomic E-state index is 2.87. The molecule has 0 unspecified atom stereocenters. The van der Waals surface area contributed by atoms with Crippen LogP contribution < -0.4 is 28.7 Å². The molecule has 0 spiro atoms. The second-order valence-corrected chi connectivity index (χ2v) is 9.88. The first-order valence-corrected chi connectivity index (χ1v) is 6.55. The molecule has 14 heavy (non-hydrogen) atoms. The van der Waals surface area contributed by atoms with Crippen LogP contribution in [0.4, 0.5) is 13.2 Å². The third-order valence-electron chi connectivity index (χ3n) is 0.529. The molecule has 0 aromatic rings. The van der Waals surface area contributed by atoms with E-state index in [0.29, 0.717) is 0 Å². The van der Waals surface area contributed by atoms with Gasteiger partial charge in [-0.2, -0.15) is 0 Å². The van der Waals surface area contributed by atoms with Crippen molar-refractivity contribution in [2.45, 2.75) is 6.18 Å². The van der Waals surface area contributed by atoms with Crippen LogP contribution in [-0.4, -0.2) is 12.1 Å². The van der Waals surface area contributed by atoms with Crippen molar-refractivity contribution in [3.05, 3.63) is 0 Å². The van der Waals surface area contributed by atoms with Crippen LogP contribution in [-0.2, 0) is 19.8 Å². The number of hydrogen-bond donors (Lipinski definition) is 6. The molecule has 12 heteroatoms. The third kappa shape index (κ3) is 6.98. The average molecular weight is 268 g/mol. The molecule has 0 aromatic heterocycles. The van der Waals surface area contributed by atoms with Crippen LogP contribution >= 0.6 is 0 Å². The van der Waals surface area contributed by atoms with Crippen molar-refractivity contribution in [1.29, 1.82) is 0 Å². The average Bonchev–Trinajstić information content (AvgIpc) is 1.49. The molecule has 12 N–H and O–H groups in total. The predicted octanol–water partition coefficient (Wildman–Crippen LogP) is -2.99. The Labute approximate surface area is 74.6 Å². The summed E-state index contributed by atoms with van der Waals surface area (Å²) in [5.74, 6) is -2.87. The Morgan fingerprint density at radius 2 is 1.29 bits per heavy atom. The normalized spacial score (nSPS) is 21.4. The second-order valence-electron chi connectivity index (χ2n) is 2.99. The zero-order valence-corrected chi connectivity index (χ0v) is 7.79. The topological polar surface area (TPSA) is 182 Å². The number of hydrogen-bond acceptors (Lipinski definition) is 8. The van der Waals surface area contributed by atoms with Crippen molar-refractivity contribution >= 4 is 5.97 Å². The van der Waals surface area contributed by atoms with E-state index in [4.69, 9.17) is 28.7 Å². The van der Waals surface area contributed by atoms with Gasteiger partial charge in [0.25, 0.3) is 0 Å². The van der Waals surface area contributed by atoms with Gasteiger partial charge in [-0.3, -0.25) is 0 Å². The van der Waals surface area contributed by atoms with Crippen LogP contribution in [0.3, 0.4) is 0 Å². The summed E-state index contributed by atoms with van der Waals surface area (Å²) in [6.07, 6.45) is -5.42. The maximum absolute atomic E-state index is 11.7. The number of alkyl halides is 3. The molecule has 0 rings (SSSR count). The molecule has 0 saturated carbocycles.